The van der Waals surface area contributed by atoms with Crippen molar-refractivity contribution in [1.82, 2.24) is 19.5 Å². The van der Waals surface area contributed by atoms with Crippen molar-refractivity contribution in [1.29, 1.82) is 0 Å². The Balaban J connectivity index is 1.12. The highest BCUT2D eigenvalue weighted by atomic mass is 32.2. The van der Waals surface area contributed by atoms with Gasteiger partial charge in [-0.15, -0.1) is 11.3 Å². The molecule has 0 unspecified atom stereocenters. The number of fused-ring (bicyclic) bond motifs is 1. The number of piperazine rings is 1. The van der Waals surface area contributed by atoms with Gasteiger partial charge in [0.25, 0.3) is 10.0 Å². The molecule has 210 valence electrons. The zero-order valence-corrected chi connectivity index (χ0v) is 24.2. The molecule has 13 heteroatoms. The molecule has 5 rings (SSSR count). The van der Waals surface area contributed by atoms with Gasteiger partial charge in [-0.25, -0.2) is 21.6 Å². The molecule has 3 heterocycles. The van der Waals surface area contributed by atoms with Crippen molar-refractivity contribution in [2.45, 2.75) is 20.9 Å². The number of para-hydroxylation sites is 1. The Bertz CT molecular complexity index is 1730. The maximum Gasteiger partial charge on any atom is 0.319 e. The van der Waals surface area contributed by atoms with E-state index in [-0.39, 0.29) is 33.1 Å². The lowest BCUT2D eigenvalue weighted by Gasteiger charge is -2.33. The molecular weight excluding hydrogens is 571 g/mol. The number of hydrogen-bond donors (Lipinski definition) is 2. The normalized spacial score (nSPS) is 15.2. The van der Waals surface area contributed by atoms with Crippen molar-refractivity contribution in [2.75, 3.05) is 44.6 Å². The zero-order chi connectivity index (χ0) is 28.3. The summed E-state index contributed by atoms with van der Waals surface area (Å²) in [5.74, 6) is 0. The molecule has 2 aromatic heterocycles. The summed E-state index contributed by atoms with van der Waals surface area (Å²) in [4.78, 5) is 19.2. The van der Waals surface area contributed by atoms with E-state index < -0.39 is 19.9 Å². The van der Waals surface area contributed by atoms with Gasteiger partial charge in [0.2, 0.25) is 9.84 Å². The molecule has 2 aromatic carbocycles. The van der Waals surface area contributed by atoms with E-state index in [1.165, 1.54) is 27.9 Å². The van der Waals surface area contributed by atoms with Gasteiger partial charge >= 0.3 is 6.03 Å². The number of thiophene rings is 1. The van der Waals surface area contributed by atoms with Crippen LogP contribution in [0.5, 0.6) is 0 Å². The fourth-order valence-electron chi connectivity index (χ4n) is 4.54. The number of nitrogens with zero attached hydrogens (tertiary/aromatic N) is 3. The van der Waals surface area contributed by atoms with Crippen molar-refractivity contribution in [3.63, 3.8) is 0 Å². The first-order chi connectivity index (χ1) is 19.1. The molecule has 4 aromatic rings. The SMILES string of the molecule is Cc1cc(NC(=O)NCCN2CCN(S(=O)(=O)c3cc(S(=O)(=O)c4ccccc4)cs3)CC2)c2ccccc2n1. The van der Waals surface area contributed by atoms with Gasteiger partial charge in [0.1, 0.15) is 4.21 Å². The zero-order valence-electron chi connectivity index (χ0n) is 21.8. The summed E-state index contributed by atoms with van der Waals surface area (Å²) in [7, 11) is -7.61. The van der Waals surface area contributed by atoms with Crippen LogP contribution in [0.25, 0.3) is 10.9 Å². The predicted molar refractivity (Wildman–Crippen MR) is 155 cm³/mol. The molecule has 2 amide bonds. The van der Waals surface area contributed by atoms with E-state index in [1.807, 2.05) is 37.3 Å². The maximum atomic E-state index is 13.2. The van der Waals surface area contributed by atoms with Crippen molar-refractivity contribution in [3.8, 4) is 0 Å². The minimum absolute atomic E-state index is 0.00710. The number of amides is 2. The minimum atomic E-state index is -3.82. The molecule has 0 radical (unpaired) electrons. The van der Waals surface area contributed by atoms with Crippen LogP contribution in [0.3, 0.4) is 0 Å². The first kappa shape index (κ1) is 28.2. The number of nitrogens with one attached hydrogen (secondary N) is 2. The number of hydrogen-bond acceptors (Lipinski definition) is 8. The summed E-state index contributed by atoms with van der Waals surface area (Å²) in [6, 6.07) is 18.3. The number of rotatable bonds is 8. The topological polar surface area (TPSA) is 129 Å². The Morgan fingerprint density at radius 2 is 1.62 bits per heavy atom. The Hall–Kier alpha value is -3.36. The molecule has 0 saturated carbocycles. The van der Waals surface area contributed by atoms with E-state index in [4.69, 9.17) is 0 Å². The van der Waals surface area contributed by atoms with E-state index in [1.54, 1.807) is 18.2 Å². The smallest absolute Gasteiger partial charge is 0.319 e. The number of pyridine rings is 1. The van der Waals surface area contributed by atoms with Crippen molar-refractivity contribution in [2.24, 2.45) is 0 Å². The number of aryl methyl sites for hydroxylation is 1. The molecule has 0 aliphatic carbocycles. The third kappa shape index (κ3) is 6.03. The highest BCUT2D eigenvalue weighted by Crippen LogP contribution is 2.30. The fraction of sp³-hybridized carbons (Fsp3) is 0.259. The van der Waals surface area contributed by atoms with Crippen LogP contribution < -0.4 is 10.6 Å². The number of urea groups is 1. The summed E-state index contributed by atoms with van der Waals surface area (Å²) >= 11 is 0.911. The predicted octanol–water partition coefficient (Wildman–Crippen LogP) is 3.57. The lowest BCUT2D eigenvalue weighted by atomic mass is 10.1. The van der Waals surface area contributed by atoms with Gasteiger partial charge in [0, 0.05) is 55.7 Å². The van der Waals surface area contributed by atoms with Crippen LogP contribution in [0.1, 0.15) is 5.69 Å². The molecule has 10 nitrogen and oxygen atoms in total. The second kappa shape index (κ2) is 11.6. The second-order valence-corrected chi connectivity index (χ2v) is 14.4. The van der Waals surface area contributed by atoms with Gasteiger partial charge in [-0.2, -0.15) is 4.31 Å². The van der Waals surface area contributed by atoms with Gasteiger partial charge < -0.3 is 10.6 Å². The largest absolute Gasteiger partial charge is 0.337 e. The summed E-state index contributed by atoms with van der Waals surface area (Å²) in [5, 5.41) is 7.99. The first-order valence-corrected chi connectivity index (χ1v) is 16.5. The van der Waals surface area contributed by atoms with Crippen LogP contribution in [0.2, 0.25) is 0 Å². The average Bonchev–Trinajstić information content (AvgIpc) is 3.46. The Morgan fingerprint density at radius 3 is 2.38 bits per heavy atom. The third-order valence-electron chi connectivity index (χ3n) is 6.65. The van der Waals surface area contributed by atoms with E-state index in [0.29, 0.717) is 31.9 Å². The number of aromatic nitrogens is 1. The lowest BCUT2D eigenvalue weighted by molar-refractivity contribution is 0.189. The number of benzene rings is 2. The standard InChI is InChI=1S/C27H29N5O5S3/c1-20-17-25(23-9-5-6-10-24(23)29-20)30-27(33)28-11-12-31-13-15-32(16-14-31)40(36,37)26-18-22(19-38-26)39(34,35)21-7-3-2-4-8-21/h2-10,17-19H,11-16H2,1H3,(H2,28,29,30,33). The lowest BCUT2D eigenvalue weighted by Crippen LogP contribution is -2.50. The highest BCUT2D eigenvalue weighted by molar-refractivity contribution is 7.92. The molecule has 1 fully saturated rings. The Kier molecular flexibility index (Phi) is 8.19. The quantitative estimate of drug-likeness (QED) is 0.317. The minimum Gasteiger partial charge on any atom is -0.337 e. The van der Waals surface area contributed by atoms with Crippen molar-refractivity contribution in [3.05, 3.63) is 77.8 Å². The van der Waals surface area contributed by atoms with Crippen LogP contribution in [0.15, 0.2) is 86.1 Å². The summed E-state index contributed by atoms with van der Waals surface area (Å²) < 4.78 is 53.6. The van der Waals surface area contributed by atoms with Crippen LogP contribution in [0.4, 0.5) is 10.5 Å². The fourth-order valence-corrected chi connectivity index (χ4v) is 9.02. The van der Waals surface area contributed by atoms with E-state index >= 15 is 0 Å². The van der Waals surface area contributed by atoms with E-state index in [9.17, 15) is 21.6 Å². The van der Waals surface area contributed by atoms with Gasteiger partial charge in [0.15, 0.2) is 0 Å². The highest BCUT2D eigenvalue weighted by Gasteiger charge is 2.31. The van der Waals surface area contributed by atoms with Crippen molar-refractivity contribution < 1.29 is 21.6 Å². The summed E-state index contributed by atoms with van der Waals surface area (Å²) in [6.07, 6.45) is 0. The van der Waals surface area contributed by atoms with Crippen LogP contribution in [0, 0.1) is 6.92 Å². The number of carbonyl (C=O) groups is 1. The first-order valence-electron chi connectivity index (χ1n) is 12.7. The molecule has 0 spiro atoms. The summed E-state index contributed by atoms with van der Waals surface area (Å²) in [6.45, 7) is 4.38. The van der Waals surface area contributed by atoms with E-state index in [2.05, 4.69) is 20.5 Å². The Labute approximate surface area is 237 Å². The van der Waals surface area contributed by atoms with Crippen molar-refractivity contribution >= 4 is 53.8 Å². The van der Waals surface area contributed by atoms with Crippen LogP contribution in [-0.4, -0.2) is 76.3 Å². The second-order valence-electron chi connectivity index (χ2n) is 9.37. The molecule has 1 aliphatic heterocycles. The molecule has 2 N–H and O–H groups in total. The monoisotopic (exact) mass is 599 g/mol. The third-order valence-corrected chi connectivity index (χ3v) is 11.9. The number of anilines is 1. The van der Waals surface area contributed by atoms with Gasteiger partial charge in [-0.05, 0) is 37.3 Å². The number of carbonyl (C=O) groups excluding carboxylic acids is 1. The van der Waals surface area contributed by atoms with Gasteiger partial charge in [-0.3, -0.25) is 9.88 Å². The molecular formula is C27H29N5O5S3. The van der Waals surface area contributed by atoms with E-state index in [0.717, 1.165) is 27.9 Å². The van der Waals surface area contributed by atoms with Crippen LogP contribution in [-0.2, 0) is 19.9 Å². The van der Waals surface area contributed by atoms with Crippen LogP contribution >= 0.6 is 11.3 Å². The molecule has 0 atom stereocenters. The summed E-state index contributed by atoms with van der Waals surface area (Å²) in [5.41, 5.74) is 2.30. The molecule has 0 bridgehead atoms. The van der Waals surface area contributed by atoms with Gasteiger partial charge in [0.05, 0.1) is 21.0 Å². The number of sulfone groups is 1. The molecule has 40 heavy (non-hydrogen) atoms. The Morgan fingerprint density at radius 1 is 0.925 bits per heavy atom. The average molecular weight is 600 g/mol. The molecule has 1 saturated heterocycles. The number of sulfonamides is 1. The maximum absolute atomic E-state index is 13.2. The molecule has 1 aliphatic rings. The van der Waals surface area contributed by atoms with Gasteiger partial charge in [-0.1, -0.05) is 36.4 Å².